The minimum Gasteiger partial charge on any atom is -0.456 e. The Morgan fingerprint density at radius 3 is 1.68 bits per heavy atom. The molecule has 9 rings (SSSR count). The molecule has 0 saturated heterocycles. The first-order valence-corrected chi connectivity index (χ1v) is 15.7. The minimum absolute atomic E-state index is 0.635. The van der Waals surface area contributed by atoms with Crippen molar-refractivity contribution in [3.63, 3.8) is 0 Å². The van der Waals surface area contributed by atoms with Crippen LogP contribution in [-0.2, 0) is 0 Å². The fraction of sp³-hybridized carbons (Fsp3) is 0. The molecule has 2 aromatic heterocycles. The molecular weight excluding hydrogens is 574 g/mol. The van der Waals surface area contributed by atoms with E-state index in [2.05, 4.69) is 109 Å². The van der Waals surface area contributed by atoms with Gasteiger partial charge in [-0.05, 0) is 51.2 Å². The molecule has 4 heteroatoms. The van der Waals surface area contributed by atoms with Crippen LogP contribution in [0.5, 0.6) is 0 Å². The number of fused-ring (bicyclic) bond motifs is 4. The average Bonchev–Trinajstić information content (AvgIpc) is 3.54. The van der Waals surface area contributed by atoms with E-state index in [1.165, 1.54) is 5.56 Å². The predicted octanol–water partition coefficient (Wildman–Crippen LogP) is 11.3. The van der Waals surface area contributed by atoms with E-state index in [4.69, 9.17) is 19.4 Å². The summed E-state index contributed by atoms with van der Waals surface area (Å²) in [5.74, 6) is 1.91. The van der Waals surface area contributed by atoms with E-state index >= 15 is 0 Å². The molecule has 7 aromatic carbocycles. The van der Waals surface area contributed by atoms with Gasteiger partial charge in [-0.2, -0.15) is 0 Å². The topological polar surface area (TPSA) is 51.8 Å². The summed E-state index contributed by atoms with van der Waals surface area (Å²) in [6.07, 6.45) is 0. The lowest BCUT2D eigenvalue weighted by molar-refractivity contribution is 0.669. The van der Waals surface area contributed by atoms with Crippen molar-refractivity contribution < 1.29 is 4.42 Å². The van der Waals surface area contributed by atoms with E-state index in [1.807, 2.05) is 54.6 Å². The molecule has 0 unspecified atom stereocenters. The SMILES string of the molecule is c1ccc(-c2ccc(-c3nc(-c4ccccc4)nc(-c4cccc5ccc(-c6cccc7oc8ccccc8c67)cc45)n3)cc2)cc1. The van der Waals surface area contributed by atoms with E-state index < -0.39 is 0 Å². The lowest BCUT2D eigenvalue weighted by Gasteiger charge is -2.12. The number of rotatable bonds is 5. The maximum atomic E-state index is 6.21. The molecule has 0 aliphatic rings. The van der Waals surface area contributed by atoms with Crippen LogP contribution in [0, 0.1) is 0 Å². The standard InChI is InChI=1S/C43H27N3O/c1-3-11-28(12-4-1)29-21-24-32(25-22-29)42-44-41(31-13-5-2-6-14-31)45-43(46-42)35-18-9-15-30-23-26-33(27-37(30)35)34-17-10-20-39-40(34)36-16-7-8-19-38(36)47-39/h1-27H. The van der Waals surface area contributed by atoms with Gasteiger partial charge in [-0.25, -0.2) is 15.0 Å². The first-order chi connectivity index (χ1) is 23.3. The van der Waals surface area contributed by atoms with Crippen molar-refractivity contribution in [2.75, 3.05) is 0 Å². The predicted molar refractivity (Wildman–Crippen MR) is 192 cm³/mol. The Morgan fingerprint density at radius 2 is 0.894 bits per heavy atom. The van der Waals surface area contributed by atoms with Crippen molar-refractivity contribution in [2.45, 2.75) is 0 Å². The van der Waals surface area contributed by atoms with E-state index in [9.17, 15) is 0 Å². The van der Waals surface area contributed by atoms with Crippen LogP contribution in [0.1, 0.15) is 0 Å². The van der Waals surface area contributed by atoms with Crippen molar-refractivity contribution in [3.05, 3.63) is 164 Å². The third-order valence-electron chi connectivity index (χ3n) is 8.75. The molecule has 2 heterocycles. The van der Waals surface area contributed by atoms with Gasteiger partial charge in [0, 0.05) is 27.5 Å². The summed E-state index contributed by atoms with van der Waals surface area (Å²) >= 11 is 0. The Kier molecular flexibility index (Phi) is 6.43. The van der Waals surface area contributed by atoms with E-state index in [-0.39, 0.29) is 0 Å². The molecular formula is C43H27N3O. The van der Waals surface area contributed by atoms with Gasteiger partial charge < -0.3 is 4.42 Å². The first kappa shape index (κ1) is 27.0. The smallest absolute Gasteiger partial charge is 0.164 e. The van der Waals surface area contributed by atoms with Gasteiger partial charge in [0.05, 0.1) is 0 Å². The van der Waals surface area contributed by atoms with Gasteiger partial charge in [-0.3, -0.25) is 0 Å². The van der Waals surface area contributed by atoms with Crippen LogP contribution in [0.3, 0.4) is 0 Å². The molecule has 0 aliphatic heterocycles. The summed E-state index contributed by atoms with van der Waals surface area (Å²) in [5, 5.41) is 4.42. The van der Waals surface area contributed by atoms with Gasteiger partial charge in [0.25, 0.3) is 0 Å². The summed E-state index contributed by atoms with van der Waals surface area (Å²) < 4.78 is 6.21. The van der Waals surface area contributed by atoms with Gasteiger partial charge in [0.1, 0.15) is 11.2 Å². The van der Waals surface area contributed by atoms with Crippen molar-refractivity contribution in [2.24, 2.45) is 0 Å². The van der Waals surface area contributed by atoms with Crippen LogP contribution in [0.25, 0.3) is 89.1 Å². The van der Waals surface area contributed by atoms with Gasteiger partial charge in [0.15, 0.2) is 17.5 Å². The summed E-state index contributed by atoms with van der Waals surface area (Å²) in [4.78, 5) is 15.1. The van der Waals surface area contributed by atoms with Crippen molar-refractivity contribution in [1.29, 1.82) is 0 Å². The molecule has 47 heavy (non-hydrogen) atoms. The Hall–Kier alpha value is -6.39. The van der Waals surface area contributed by atoms with Gasteiger partial charge >= 0.3 is 0 Å². The molecule has 0 amide bonds. The van der Waals surface area contributed by atoms with Gasteiger partial charge in [-0.1, -0.05) is 146 Å². The second kappa shape index (κ2) is 11.2. The molecule has 0 N–H and O–H groups in total. The maximum absolute atomic E-state index is 6.21. The summed E-state index contributed by atoms with van der Waals surface area (Å²) in [5.41, 5.74) is 9.16. The van der Waals surface area contributed by atoms with Crippen LogP contribution in [0.4, 0.5) is 0 Å². The zero-order valence-corrected chi connectivity index (χ0v) is 25.3. The quantitative estimate of drug-likeness (QED) is 0.197. The zero-order valence-electron chi connectivity index (χ0n) is 25.3. The fourth-order valence-electron chi connectivity index (χ4n) is 6.43. The second-order valence-electron chi connectivity index (χ2n) is 11.6. The number of nitrogens with zero attached hydrogens (tertiary/aromatic N) is 3. The van der Waals surface area contributed by atoms with Crippen LogP contribution in [-0.4, -0.2) is 15.0 Å². The highest BCUT2D eigenvalue weighted by Gasteiger charge is 2.17. The van der Waals surface area contributed by atoms with E-state index in [1.54, 1.807) is 0 Å². The Labute approximate surface area is 271 Å². The van der Waals surface area contributed by atoms with E-state index in [0.717, 1.165) is 66.1 Å². The molecule has 4 nitrogen and oxygen atoms in total. The third-order valence-corrected chi connectivity index (χ3v) is 8.75. The molecule has 220 valence electrons. The molecule has 9 aromatic rings. The van der Waals surface area contributed by atoms with Crippen molar-refractivity contribution in [1.82, 2.24) is 15.0 Å². The second-order valence-corrected chi connectivity index (χ2v) is 11.6. The lowest BCUT2D eigenvalue weighted by Crippen LogP contribution is -2.00. The normalized spacial score (nSPS) is 11.4. The fourth-order valence-corrected chi connectivity index (χ4v) is 6.43. The number of hydrogen-bond donors (Lipinski definition) is 0. The summed E-state index contributed by atoms with van der Waals surface area (Å²) in [6.45, 7) is 0. The number of benzene rings is 7. The van der Waals surface area contributed by atoms with Gasteiger partial charge in [-0.15, -0.1) is 0 Å². The van der Waals surface area contributed by atoms with Crippen molar-refractivity contribution in [3.8, 4) is 56.4 Å². The van der Waals surface area contributed by atoms with E-state index in [0.29, 0.717) is 17.5 Å². The third kappa shape index (κ3) is 4.84. The molecule has 0 spiro atoms. The number of hydrogen-bond acceptors (Lipinski definition) is 4. The molecule has 0 fully saturated rings. The Morgan fingerprint density at radius 1 is 0.340 bits per heavy atom. The lowest BCUT2D eigenvalue weighted by atomic mass is 9.95. The summed E-state index contributed by atoms with van der Waals surface area (Å²) in [6, 6.07) is 56.3. The number of para-hydroxylation sites is 1. The van der Waals surface area contributed by atoms with Crippen LogP contribution in [0.15, 0.2) is 168 Å². The first-order valence-electron chi connectivity index (χ1n) is 15.7. The minimum atomic E-state index is 0.635. The highest BCUT2D eigenvalue weighted by molar-refractivity contribution is 6.13. The summed E-state index contributed by atoms with van der Waals surface area (Å²) in [7, 11) is 0. The zero-order chi connectivity index (χ0) is 31.2. The molecule has 0 saturated carbocycles. The van der Waals surface area contributed by atoms with Crippen LogP contribution < -0.4 is 0 Å². The Balaban J connectivity index is 1.22. The highest BCUT2D eigenvalue weighted by atomic mass is 16.3. The molecule has 0 aliphatic carbocycles. The highest BCUT2D eigenvalue weighted by Crippen LogP contribution is 2.39. The molecule has 0 radical (unpaired) electrons. The van der Waals surface area contributed by atoms with Gasteiger partial charge in [0.2, 0.25) is 0 Å². The molecule has 0 atom stereocenters. The Bertz CT molecular complexity index is 2550. The van der Waals surface area contributed by atoms with Crippen molar-refractivity contribution >= 4 is 32.7 Å². The maximum Gasteiger partial charge on any atom is 0.164 e. The number of aromatic nitrogens is 3. The monoisotopic (exact) mass is 601 g/mol. The average molecular weight is 602 g/mol. The van der Waals surface area contributed by atoms with Crippen LogP contribution >= 0.6 is 0 Å². The largest absolute Gasteiger partial charge is 0.456 e. The van der Waals surface area contributed by atoms with Crippen LogP contribution in [0.2, 0.25) is 0 Å². The molecule has 0 bridgehead atoms. The number of furan rings is 1.